The summed E-state index contributed by atoms with van der Waals surface area (Å²) in [5, 5.41) is 0. The van der Waals surface area contributed by atoms with Gasteiger partial charge in [-0.2, -0.15) is 0 Å². The summed E-state index contributed by atoms with van der Waals surface area (Å²) >= 11 is 2.34. The molecule has 0 bridgehead atoms. The molecule has 1 fully saturated rings. The van der Waals surface area contributed by atoms with Crippen LogP contribution in [0, 0.1) is 9.49 Å². The zero-order valence-electron chi connectivity index (χ0n) is 8.94. The van der Waals surface area contributed by atoms with Crippen molar-refractivity contribution in [3.63, 3.8) is 0 Å². The van der Waals surface area contributed by atoms with Gasteiger partial charge in [0.25, 0.3) is 0 Å². The number of benzene rings is 1. The number of hydrogen-bond acceptors (Lipinski definition) is 1. The predicted molar refractivity (Wildman–Crippen MR) is 73.1 cm³/mol. The maximum Gasteiger partial charge on any atom is 0.139 e. The molecule has 0 radical (unpaired) electrons. The van der Waals surface area contributed by atoms with Gasteiger partial charge in [-0.1, -0.05) is 12.1 Å². The summed E-state index contributed by atoms with van der Waals surface area (Å²) in [5.74, 6) is 1.99. The van der Waals surface area contributed by atoms with Crippen molar-refractivity contribution in [3.05, 3.63) is 40.2 Å². The Morgan fingerprint density at radius 3 is 3.00 bits per heavy atom. The van der Waals surface area contributed by atoms with Crippen molar-refractivity contribution in [3.8, 4) is 11.4 Å². The number of nitrogens with zero attached hydrogens (tertiary/aromatic N) is 2. The fraction of sp³-hybridized carbons (Fsp3) is 0.308. The molecule has 82 valence electrons. The SMILES string of the molecule is Ic1cccc(-c2nccn2CC2CC2)c1. The van der Waals surface area contributed by atoms with Crippen molar-refractivity contribution >= 4 is 22.6 Å². The number of rotatable bonds is 3. The lowest BCUT2D eigenvalue weighted by Crippen LogP contribution is -2.00. The second-order valence-electron chi connectivity index (χ2n) is 4.36. The third kappa shape index (κ3) is 2.14. The molecule has 0 atom stereocenters. The molecular formula is C13H13IN2. The van der Waals surface area contributed by atoms with Crippen molar-refractivity contribution in [2.45, 2.75) is 19.4 Å². The van der Waals surface area contributed by atoms with Crippen LogP contribution in [0.4, 0.5) is 0 Å². The van der Waals surface area contributed by atoms with Crippen LogP contribution in [0.2, 0.25) is 0 Å². The summed E-state index contributed by atoms with van der Waals surface area (Å²) < 4.78 is 3.54. The molecule has 1 heterocycles. The van der Waals surface area contributed by atoms with Crippen LogP contribution in [0.1, 0.15) is 12.8 Å². The highest BCUT2D eigenvalue weighted by Gasteiger charge is 2.22. The van der Waals surface area contributed by atoms with Crippen molar-refractivity contribution in [2.24, 2.45) is 5.92 Å². The first-order chi connectivity index (χ1) is 7.83. The van der Waals surface area contributed by atoms with Crippen LogP contribution in [0.15, 0.2) is 36.7 Å². The van der Waals surface area contributed by atoms with Crippen LogP contribution in [-0.4, -0.2) is 9.55 Å². The molecule has 0 amide bonds. The third-order valence-corrected chi connectivity index (χ3v) is 3.62. The Morgan fingerprint density at radius 1 is 1.38 bits per heavy atom. The lowest BCUT2D eigenvalue weighted by atomic mass is 10.2. The van der Waals surface area contributed by atoms with Gasteiger partial charge in [-0.15, -0.1) is 0 Å². The van der Waals surface area contributed by atoms with Crippen LogP contribution in [0.5, 0.6) is 0 Å². The number of hydrogen-bond donors (Lipinski definition) is 0. The Balaban J connectivity index is 1.95. The van der Waals surface area contributed by atoms with E-state index in [1.54, 1.807) is 0 Å². The number of halogens is 1. The van der Waals surface area contributed by atoms with E-state index in [2.05, 4.69) is 62.6 Å². The largest absolute Gasteiger partial charge is 0.331 e. The van der Waals surface area contributed by atoms with Gasteiger partial charge in [0.2, 0.25) is 0 Å². The maximum atomic E-state index is 4.47. The van der Waals surface area contributed by atoms with Crippen LogP contribution >= 0.6 is 22.6 Å². The average Bonchev–Trinajstić information content (AvgIpc) is 2.95. The Morgan fingerprint density at radius 2 is 2.25 bits per heavy atom. The summed E-state index contributed by atoms with van der Waals surface area (Å²) in [5.41, 5.74) is 1.22. The van der Waals surface area contributed by atoms with Crippen molar-refractivity contribution < 1.29 is 0 Å². The van der Waals surface area contributed by atoms with E-state index in [-0.39, 0.29) is 0 Å². The Hall–Kier alpha value is -0.840. The lowest BCUT2D eigenvalue weighted by Gasteiger charge is -2.07. The van der Waals surface area contributed by atoms with Gasteiger partial charge in [-0.3, -0.25) is 0 Å². The molecule has 0 spiro atoms. The molecule has 1 saturated carbocycles. The zero-order chi connectivity index (χ0) is 11.0. The van der Waals surface area contributed by atoms with E-state index in [1.165, 1.54) is 22.0 Å². The monoisotopic (exact) mass is 324 g/mol. The lowest BCUT2D eigenvalue weighted by molar-refractivity contribution is 0.632. The molecule has 0 saturated heterocycles. The van der Waals surface area contributed by atoms with Gasteiger partial charge < -0.3 is 4.57 Å². The molecule has 0 aliphatic heterocycles. The van der Waals surface area contributed by atoms with Crippen molar-refractivity contribution in [1.29, 1.82) is 0 Å². The fourth-order valence-corrected chi connectivity index (χ4v) is 2.47. The van der Waals surface area contributed by atoms with E-state index in [0.29, 0.717) is 0 Å². The first-order valence-corrected chi connectivity index (χ1v) is 6.68. The minimum Gasteiger partial charge on any atom is -0.331 e. The molecule has 0 N–H and O–H groups in total. The second kappa shape index (κ2) is 4.20. The molecule has 1 aliphatic carbocycles. The van der Waals surface area contributed by atoms with E-state index >= 15 is 0 Å². The molecule has 1 aromatic heterocycles. The van der Waals surface area contributed by atoms with Gasteiger partial charge in [0.1, 0.15) is 5.82 Å². The second-order valence-corrected chi connectivity index (χ2v) is 5.60. The summed E-state index contributed by atoms with van der Waals surface area (Å²) in [6, 6.07) is 8.52. The normalized spacial score (nSPS) is 15.3. The Kier molecular flexibility index (Phi) is 2.71. The van der Waals surface area contributed by atoms with Gasteiger partial charge in [0.05, 0.1) is 0 Å². The fourth-order valence-electron chi connectivity index (χ4n) is 1.92. The van der Waals surface area contributed by atoms with Crippen molar-refractivity contribution in [1.82, 2.24) is 9.55 Å². The quantitative estimate of drug-likeness (QED) is 0.790. The number of aromatic nitrogens is 2. The highest BCUT2D eigenvalue weighted by atomic mass is 127. The summed E-state index contributed by atoms with van der Waals surface area (Å²) in [6.45, 7) is 1.13. The molecule has 16 heavy (non-hydrogen) atoms. The molecular weight excluding hydrogens is 311 g/mol. The first-order valence-electron chi connectivity index (χ1n) is 5.60. The predicted octanol–water partition coefficient (Wildman–Crippen LogP) is 3.56. The van der Waals surface area contributed by atoms with Gasteiger partial charge in [0, 0.05) is 28.1 Å². The van der Waals surface area contributed by atoms with E-state index in [9.17, 15) is 0 Å². The maximum absolute atomic E-state index is 4.47. The van der Waals surface area contributed by atoms with Crippen LogP contribution < -0.4 is 0 Å². The zero-order valence-corrected chi connectivity index (χ0v) is 11.1. The van der Waals surface area contributed by atoms with E-state index in [1.807, 2.05) is 6.20 Å². The molecule has 0 unspecified atom stereocenters. The standard InChI is InChI=1S/C13H13IN2/c14-12-3-1-2-11(8-12)13-15-6-7-16(13)9-10-4-5-10/h1-3,6-8,10H,4-5,9H2. The Bertz CT molecular complexity index is 500. The smallest absolute Gasteiger partial charge is 0.139 e. The minimum atomic E-state index is 0.885. The molecule has 3 heteroatoms. The minimum absolute atomic E-state index is 0.885. The highest BCUT2D eigenvalue weighted by Crippen LogP contribution is 2.32. The molecule has 3 rings (SSSR count). The molecule has 2 aromatic rings. The third-order valence-electron chi connectivity index (χ3n) is 2.95. The van der Waals surface area contributed by atoms with Crippen molar-refractivity contribution in [2.75, 3.05) is 0 Å². The summed E-state index contributed by atoms with van der Waals surface area (Å²) in [6.07, 6.45) is 6.75. The van der Waals surface area contributed by atoms with E-state index in [4.69, 9.17) is 0 Å². The van der Waals surface area contributed by atoms with Crippen LogP contribution in [0.25, 0.3) is 11.4 Å². The van der Waals surface area contributed by atoms with E-state index < -0.39 is 0 Å². The molecule has 1 aliphatic rings. The molecule has 1 aromatic carbocycles. The van der Waals surface area contributed by atoms with Gasteiger partial charge in [-0.05, 0) is 53.5 Å². The van der Waals surface area contributed by atoms with Crippen LogP contribution in [-0.2, 0) is 6.54 Å². The highest BCUT2D eigenvalue weighted by molar-refractivity contribution is 14.1. The average molecular weight is 324 g/mol. The van der Waals surface area contributed by atoms with Crippen LogP contribution in [0.3, 0.4) is 0 Å². The first kappa shape index (κ1) is 10.3. The topological polar surface area (TPSA) is 17.8 Å². The van der Waals surface area contributed by atoms with Gasteiger partial charge >= 0.3 is 0 Å². The van der Waals surface area contributed by atoms with Gasteiger partial charge in [-0.25, -0.2) is 4.98 Å². The Labute approximate surface area is 109 Å². The molecule has 2 nitrogen and oxygen atoms in total. The summed E-state index contributed by atoms with van der Waals surface area (Å²) in [4.78, 5) is 4.47. The summed E-state index contributed by atoms with van der Waals surface area (Å²) in [7, 11) is 0. The van der Waals surface area contributed by atoms with Gasteiger partial charge in [0.15, 0.2) is 0 Å². The van der Waals surface area contributed by atoms with E-state index in [0.717, 1.165) is 18.3 Å². The number of imidazole rings is 1.